The molecule has 0 radical (unpaired) electrons. The first-order valence-electron chi connectivity index (χ1n) is 6.45. The van der Waals surface area contributed by atoms with E-state index in [0.717, 1.165) is 0 Å². The first-order valence-corrected chi connectivity index (χ1v) is 6.45. The van der Waals surface area contributed by atoms with Gasteiger partial charge in [0.2, 0.25) is 5.91 Å². The van der Waals surface area contributed by atoms with E-state index < -0.39 is 17.3 Å². The lowest BCUT2D eigenvalue weighted by Crippen LogP contribution is -2.46. The van der Waals surface area contributed by atoms with Gasteiger partial charge < -0.3 is 15.8 Å². The van der Waals surface area contributed by atoms with E-state index in [1.165, 1.54) is 26.2 Å². The number of anilines is 1. The number of hydrogen-bond donors (Lipinski definition) is 2. The molecule has 0 fully saturated rings. The molecule has 0 aliphatic heterocycles. The first-order chi connectivity index (χ1) is 9.99. The van der Waals surface area contributed by atoms with Gasteiger partial charge in [-0.2, -0.15) is 0 Å². The molecule has 1 atom stereocenters. The summed E-state index contributed by atoms with van der Waals surface area (Å²) in [6.45, 7) is 1.53. The number of benzene rings is 2. The molecule has 0 saturated heterocycles. The van der Waals surface area contributed by atoms with Gasteiger partial charge in [-0.15, -0.1) is 0 Å². The van der Waals surface area contributed by atoms with Crippen LogP contribution < -0.4 is 15.8 Å². The Kier molecular flexibility index (Phi) is 4.12. The molecule has 0 bridgehead atoms. The quantitative estimate of drug-likeness (QED) is 0.889. The standard InChI is InChI=1S/C16H17FN2O2/c1-16(15(18)20,19-11-7-4-3-5-8-11)14-12(17)9-6-10-13(14)21-2/h3-10,19H,1-2H3,(H2,18,20). The second-order valence-electron chi connectivity index (χ2n) is 4.80. The number of ether oxygens (including phenoxy) is 1. The van der Waals surface area contributed by atoms with Crippen LogP contribution in [0.5, 0.6) is 5.75 Å². The summed E-state index contributed by atoms with van der Waals surface area (Å²) in [4.78, 5) is 12.0. The van der Waals surface area contributed by atoms with Crippen LogP contribution in [0.1, 0.15) is 12.5 Å². The Morgan fingerprint density at radius 3 is 2.43 bits per heavy atom. The van der Waals surface area contributed by atoms with Gasteiger partial charge in [0, 0.05) is 5.69 Å². The third-order valence-corrected chi connectivity index (χ3v) is 3.36. The van der Waals surface area contributed by atoms with Gasteiger partial charge >= 0.3 is 0 Å². The predicted octanol–water partition coefficient (Wildman–Crippen LogP) is 2.65. The molecule has 0 aromatic heterocycles. The molecule has 2 rings (SSSR count). The van der Waals surface area contributed by atoms with Crippen molar-refractivity contribution in [2.75, 3.05) is 12.4 Å². The van der Waals surface area contributed by atoms with E-state index in [9.17, 15) is 9.18 Å². The van der Waals surface area contributed by atoms with Gasteiger partial charge in [0.25, 0.3) is 0 Å². The van der Waals surface area contributed by atoms with Gasteiger partial charge in [0.1, 0.15) is 17.1 Å². The number of primary amides is 1. The maximum absolute atomic E-state index is 14.3. The molecular formula is C16H17FN2O2. The van der Waals surface area contributed by atoms with Gasteiger partial charge in [0.05, 0.1) is 12.7 Å². The summed E-state index contributed by atoms with van der Waals surface area (Å²) >= 11 is 0. The fourth-order valence-corrected chi connectivity index (χ4v) is 2.22. The topological polar surface area (TPSA) is 64.3 Å². The lowest BCUT2D eigenvalue weighted by Gasteiger charge is -2.30. The number of nitrogens with one attached hydrogen (secondary N) is 1. The van der Waals surface area contributed by atoms with Crippen molar-refractivity contribution < 1.29 is 13.9 Å². The van der Waals surface area contributed by atoms with Crippen molar-refractivity contribution in [2.24, 2.45) is 5.73 Å². The lowest BCUT2D eigenvalue weighted by molar-refractivity contribution is -0.122. The van der Waals surface area contributed by atoms with Gasteiger partial charge in [-0.25, -0.2) is 4.39 Å². The minimum atomic E-state index is -1.43. The number of hydrogen-bond acceptors (Lipinski definition) is 3. The average Bonchev–Trinajstić information content (AvgIpc) is 2.47. The number of rotatable bonds is 5. The Balaban J connectivity index is 2.56. The number of carbonyl (C=O) groups excluding carboxylic acids is 1. The molecule has 0 spiro atoms. The van der Waals surface area contributed by atoms with Gasteiger partial charge in [-0.05, 0) is 31.2 Å². The average molecular weight is 288 g/mol. The molecule has 3 N–H and O–H groups in total. The summed E-state index contributed by atoms with van der Waals surface area (Å²) in [7, 11) is 1.42. The van der Waals surface area contributed by atoms with Gasteiger partial charge in [-0.3, -0.25) is 4.79 Å². The third kappa shape index (κ3) is 2.81. The van der Waals surface area contributed by atoms with Gasteiger partial charge in [0.15, 0.2) is 0 Å². The van der Waals surface area contributed by atoms with Crippen molar-refractivity contribution >= 4 is 11.6 Å². The van der Waals surface area contributed by atoms with Crippen LogP contribution in [0.4, 0.5) is 10.1 Å². The molecule has 21 heavy (non-hydrogen) atoms. The van der Waals surface area contributed by atoms with Crippen molar-refractivity contribution in [3.05, 3.63) is 59.9 Å². The zero-order valence-electron chi connectivity index (χ0n) is 11.9. The highest BCUT2D eigenvalue weighted by molar-refractivity contribution is 5.89. The molecule has 2 aromatic rings. The van der Waals surface area contributed by atoms with Crippen molar-refractivity contribution in [2.45, 2.75) is 12.5 Å². The zero-order valence-corrected chi connectivity index (χ0v) is 11.9. The minimum Gasteiger partial charge on any atom is -0.496 e. The van der Waals surface area contributed by atoms with Crippen LogP contribution in [0.25, 0.3) is 0 Å². The molecule has 0 saturated carbocycles. The summed E-state index contributed by atoms with van der Waals surface area (Å²) in [5, 5.41) is 2.99. The fraction of sp³-hybridized carbons (Fsp3) is 0.188. The van der Waals surface area contributed by atoms with E-state index in [4.69, 9.17) is 10.5 Å². The fourth-order valence-electron chi connectivity index (χ4n) is 2.22. The molecule has 0 heterocycles. The molecule has 1 unspecified atom stereocenters. The molecule has 1 amide bonds. The SMILES string of the molecule is COc1cccc(F)c1C(C)(Nc1ccccc1)C(N)=O. The maximum atomic E-state index is 14.3. The van der Waals surface area contributed by atoms with Crippen molar-refractivity contribution in [1.82, 2.24) is 0 Å². The molecule has 4 nitrogen and oxygen atoms in total. The van der Waals surface area contributed by atoms with Crippen LogP contribution in [0.3, 0.4) is 0 Å². The Bertz CT molecular complexity index is 646. The van der Waals surface area contributed by atoms with Crippen LogP contribution in [-0.2, 0) is 10.3 Å². The molecule has 5 heteroatoms. The maximum Gasteiger partial charge on any atom is 0.247 e. The molecule has 0 aliphatic carbocycles. The van der Waals surface area contributed by atoms with Crippen LogP contribution in [0.15, 0.2) is 48.5 Å². The highest BCUT2D eigenvalue weighted by Gasteiger charge is 2.38. The highest BCUT2D eigenvalue weighted by atomic mass is 19.1. The van der Waals surface area contributed by atoms with Crippen molar-refractivity contribution in [3.8, 4) is 5.75 Å². The number of methoxy groups -OCH3 is 1. The third-order valence-electron chi connectivity index (χ3n) is 3.36. The summed E-state index contributed by atoms with van der Waals surface area (Å²) in [6, 6.07) is 13.4. The molecule has 110 valence electrons. The number of amides is 1. The molecule has 2 aromatic carbocycles. The zero-order chi connectivity index (χ0) is 15.5. The second-order valence-corrected chi connectivity index (χ2v) is 4.80. The smallest absolute Gasteiger partial charge is 0.247 e. The van der Waals surface area contributed by atoms with E-state index in [2.05, 4.69) is 5.32 Å². The van der Waals surface area contributed by atoms with Crippen LogP contribution in [0, 0.1) is 5.82 Å². The molecular weight excluding hydrogens is 271 g/mol. The number of para-hydroxylation sites is 1. The number of halogens is 1. The second kappa shape index (κ2) is 5.83. The van der Waals surface area contributed by atoms with Crippen LogP contribution >= 0.6 is 0 Å². The van der Waals surface area contributed by atoms with Crippen molar-refractivity contribution in [3.63, 3.8) is 0 Å². The van der Waals surface area contributed by atoms with E-state index in [1.54, 1.807) is 18.2 Å². The van der Waals surface area contributed by atoms with E-state index >= 15 is 0 Å². The highest BCUT2D eigenvalue weighted by Crippen LogP contribution is 2.34. The molecule has 0 aliphatic rings. The normalized spacial score (nSPS) is 13.3. The predicted molar refractivity (Wildman–Crippen MR) is 79.6 cm³/mol. The lowest BCUT2D eigenvalue weighted by atomic mass is 9.89. The van der Waals surface area contributed by atoms with Gasteiger partial charge in [-0.1, -0.05) is 24.3 Å². The van der Waals surface area contributed by atoms with E-state index in [1.807, 2.05) is 18.2 Å². The monoisotopic (exact) mass is 288 g/mol. The Morgan fingerprint density at radius 1 is 1.19 bits per heavy atom. The summed E-state index contributed by atoms with van der Waals surface area (Å²) in [5.74, 6) is -0.992. The number of nitrogens with two attached hydrogens (primary N) is 1. The van der Waals surface area contributed by atoms with Crippen LogP contribution in [-0.4, -0.2) is 13.0 Å². The Labute approximate surface area is 122 Å². The van der Waals surface area contributed by atoms with E-state index in [-0.39, 0.29) is 11.3 Å². The summed E-state index contributed by atoms with van der Waals surface area (Å²) in [6.07, 6.45) is 0. The largest absolute Gasteiger partial charge is 0.496 e. The summed E-state index contributed by atoms with van der Waals surface area (Å²) in [5.41, 5.74) is 4.83. The Morgan fingerprint density at radius 2 is 1.86 bits per heavy atom. The number of carbonyl (C=O) groups is 1. The van der Waals surface area contributed by atoms with E-state index in [0.29, 0.717) is 5.69 Å². The van der Waals surface area contributed by atoms with Crippen molar-refractivity contribution in [1.29, 1.82) is 0 Å². The Hall–Kier alpha value is -2.56. The summed E-state index contributed by atoms with van der Waals surface area (Å²) < 4.78 is 19.4. The minimum absolute atomic E-state index is 0.0869. The van der Waals surface area contributed by atoms with Crippen LogP contribution in [0.2, 0.25) is 0 Å². The first kappa shape index (κ1) is 14.8.